The van der Waals surface area contributed by atoms with Crippen molar-refractivity contribution in [2.45, 2.75) is 39.3 Å². The molecule has 0 aliphatic carbocycles. The Labute approximate surface area is 119 Å². The molecule has 0 bridgehead atoms. The second kappa shape index (κ2) is 5.84. The lowest BCUT2D eigenvalue weighted by Crippen LogP contribution is -2.42. The number of rotatable bonds is 3. The van der Waals surface area contributed by atoms with Crippen molar-refractivity contribution >= 4 is 39.1 Å². The molecule has 1 amide bonds. The van der Waals surface area contributed by atoms with Crippen LogP contribution in [-0.2, 0) is 9.53 Å². The number of ether oxygens (including phenoxy) is 1. The van der Waals surface area contributed by atoms with Gasteiger partial charge < -0.3 is 10.1 Å². The van der Waals surface area contributed by atoms with Crippen molar-refractivity contribution < 1.29 is 14.3 Å². The molecule has 0 fully saturated rings. The maximum Gasteiger partial charge on any atom is 0.328 e. The molecule has 0 radical (unpaired) electrons. The van der Waals surface area contributed by atoms with Crippen LogP contribution in [-0.4, -0.2) is 23.5 Å². The van der Waals surface area contributed by atoms with E-state index >= 15 is 0 Å². The van der Waals surface area contributed by atoms with E-state index in [1.54, 1.807) is 39.1 Å². The van der Waals surface area contributed by atoms with Crippen molar-refractivity contribution in [2.24, 2.45) is 0 Å². The average Bonchev–Trinajstić information content (AvgIpc) is 2.62. The van der Waals surface area contributed by atoms with Gasteiger partial charge in [-0.1, -0.05) is 0 Å². The largest absolute Gasteiger partial charge is 0.458 e. The Bertz CT molecular complexity index is 450. The van der Waals surface area contributed by atoms with Gasteiger partial charge in [0.25, 0.3) is 5.91 Å². The summed E-state index contributed by atoms with van der Waals surface area (Å²) >= 11 is 4.70. The Morgan fingerprint density at radius 3 is 2.50 bits per heavy atom. The molecule has 100 valence electrons. The molecule has 1 atom stereocenters. The van der Waals surface area contributed by atoms with E-state index < -0.39 is 17.6 Å². The molecule has 0 spiro atoms. The maximum atomic E-state index is 11.8. The summed E-state index contributed by atoms with van der Waals surface area (Å²) in [6, 6.07) is 1.04. The van der Waals surface area contributed by atoms with Crippen LogP contribution < -0.4 is 5.32 Å². The molecular weight excluding hydrogens is 318 g/mol. The van der Waals surface area contributed by atoms with Gasteiger partial charge >= 0.3 is 5.97 Å². The highest BCUT2D eigenvalue weighted by atomic mass is 79.9. The minimum Gasteiger partial charge on any atom is -0.458 e. The van der Waals surface area contributed by atoms with Crippen molar-refractivity contribution in [3.8, 4) is 0 Å². The third kappa shape index (κ3) is 4.78. The summed E-state index contributed by atoms with van der Waals surface area (Å²) in [6.45, 7) is 6.97. The molecule has 0 aliphatic heterocycles. The van der Waals surface area contributed by atoms with Gasteiger partial charge in [0, 0.05) is 5.38 Å². The molecule has 1 N–H and O–H groups in total. The number of halogens is 1. The van der Waals surface area contributed by atoms with Crippen molar-refractivity contribution in [1.29, 1.82) is 0 Å². The minimum atomic E-state index is -0.671. The predicted molar refractivity (Wildman–Crippen MR) is 74.8 cm³/mol. The number of hydrogen-bond acceptors (Lipinski definition) is 4. The highest BCUT2D eigenvalue weighted by molar-refractivity contribution is 9.11. The first-order chi connectivity index (χ1) is 8.19. The number of amides is 1. The van der Waals surface area contributed by atoms with Crippen LogP contribution in [0.3, 0.4) is 0 Å². The van der Waals surface area contributed by atoms with E-state index in [-0.39, 0.29) is 5.91 Å². The van der Waals surface area contributed by atoms with Gasteiger partial charge in [-0.2, -0.15) is 0 Å². The lowest BCUT2D eigenvalue weighted by Gasteiger charge is -2.22. The smallest absolute Gasteiger partial charge is 0.328 e. The lowest BCUT2D eigenvalue weighted by molar-refractivity contribution is -0.156. The van der Waals surface area contributed by atoms with E-state index in [4.69, 9.17) is 4.74 Å². The van der Waals surface area contributed by atoms with E-state index in [1.165, 1.54) is 11.3 Å². The van der Waals surface area contributed by atoms with Gasteiger partial charge in [-0.05, 0) is 49.7 Å². The van der Waals surface area contributed by atoms with Crippen molar-refractivity contribution in [3.63, 3.8) is 0 Å². The molecule has 0 aromatic carbocycles. The van der Waals surface area contributed by atoms with Gasteiger partial charge in [0.05, 0.1) is 9.35 Å². The molecule has 1 heterocycles. The van der Waals surface area contributed by atoms with Gasteiger partial charge in [-0.25, -0.2) is 4.79 Å². The van der Waals surface area contributed by atoms with Crippen LogP contribution in [0, 0.1) is 0 Å². The zero-order valence-corrected chi connectivity index (χ0v) is 13.1. The number of hydrogen-bond donors (Lipinski definition) is 1. The van der Waals surface area contributed by atoms with Gasteiger partial charge in [-0.15, -0.1) is 11.3 Å². The molecule has 4 nitrogen and oxygen atoms in total. The van der Waals surface area contributed by atoms with Crippen LogP contribution >= 0.6 is 27.3 Å². The van der Waals surface area contributed by atoms with Crippen LogP contribution in [0.5, 0.6) is 0 Å². The van der Waals surface area contributed by atoms with Crippen molar-refractivity contribution in [1.82, 2.24) is 5.32 Å². The summed E-state index contributed by atoms with van der Waals surface area (Å²) in [4.78, 5) is 23.5. The van der Waals surface area contributed by atoms with E-state index in [2.05, 4.69) is 21.2 Å². The van der Waals surface area contributed by atoms with E-state index in [9.17, 15) is 9.59 Å². The van der Waals surface area contributed by atoms with Crippen LogP contribution in [0.2, 0.25) is 0 Å². The zero-order valence-electron chi connectivity index (χ0n) is 10.7. The molecule has 0 saturated carbocycles. The first-order valence-electron chi connectivity index (χ1n) is 5.47. The lowest BCUT2D eigenvalue weighted by atomic mass is 10.2. The van der Waals surface area contributed by atoms with Gasteiger partial charge in [0.2, 0.25) is 0 Å². The molecule has 0 saturated heterocycles. The monoisotopic (exact) mass is 333 g/mol. The Hall–Kier alpha value is -0.880. The summed E-state index contributed by atoms with van der Waals surface area (Å²) < 4.78 is 6.05. The van der Waals surface area contributed by atoms with Crippen molar-refractivity contribution in [3.05, 3.63) is 20.8 Å². The standard InChI is InChI=1S/C12H16BrNO3S/c1-7(11(16)17-12(2,3)4)14-10(15)8-5-9(13)18-6-8/h5-7H,1-4H3,(H,14,15)/t7-/m1/s1. The van der Waals surface area contributed by atoms with Gasteiger partial charge in [-0.3, -0.25) is 4.79 Å². The van der Waals surface area contributed by atoms with Crippen LogP contribution in [0.25, 0.3) is 0 Å². The average molecular weight is 334 g/mol. The van der Waals surface area contributed by atoms with Crippen LogP contribution in [0.1, 0.15) is 38.1 Å². The molecule has 18 heavy (non-hydrogen) atoms. The number of esters is 1. The fraction of sp³-hybridized carbons (Fsp3) is 0.500. The maximum absolute atomic E-state index is 11.8. The summed E-state index contributed by atoms with van der Waals surface area (Å²) in [5.41, 5.74) is -0.0242. The SMILES string of the molecule is C[C@@H](NC(=O)c1csc(Br)c1)C(=O)OC(C)(C)C. The molecule has 0 unspecified atom stereocenters. The molecule has 1 rings (SSSR count). The first kappa shape index (κ1) is 15.2. The fourth-order valence-electron chi connectivity index (χ4n) is 1.16. The van der Waals surface area contributed by atoms with Gasteiger partial charge in [0.1, 0.15) is 11.6 Å². The minimum absolute atomic E-state index is 0.282. The van der Waals surface area contributed by atoms with Crippen LogP contribution in [0.15, 0.2) is 15.2 Å². The quantitative estimate of drug-likeness (QED) is 0.865. The second-order valence-corrected chi connectivity index (χ2v) is 7.16. The Kier molecular flexibility index (Phi) is 4.92. The molecule has 1 aromatic heterocycles. The highest BCUT2D eigenvalue weighted by Crippen LogP contribution is 2.20. The first-order valence-corrected chi connectivity index (χ1v) is 7.14. The summed E-state index contributed by atoms with van der Waals surface area (Å²) in [5, 5.41) is 4.33. The summed E-state index contributed by atoms with van der Waals surface area (Å²) in [7, 11) is 0. The summed E-state index contributed by atoms with van der Waals surface area (Å²) in [6.07, 6.45) is 0. The van der Waals surface area contributed by atoms with E-state index in [1.807, 2.05) is 0 Å². The Balaban J connectivity index is 2.57. The van der Waals surface area contributed by atoms with Crippen LogP contribution in [0.4, 0.5) is 0 Å². The number of nitrogens with one attached hydrogen (secondary N) is 1. The highest BCUT2D eigenvalue weighted by Gasteiger charge is 2.23. The van der Waals surface area contributed by atoms with Gasteiger partial charge in [0.15, 0.2) is 0 Å². The van der Waals surface area contributed by atoms with Crippen molar-refractivity contribution in [2.75, 3.05) is 0 Å². The second-order valence-electron chi connectivity index (χ2n) is 4.87. The van der Waals surface area contributed by atoms with E-state index in [0.29, 0.717) is 5.56 Å². The molecule has 0 aliphatic rings. The fourth-order valence-corrected chi connectivity index (χ4v) is 2.29. The molecular formula is C12H16BrNO3S. The zero-order chi connectivity index (χ0) is 13.9. The predicted octanol–water partition coefficient (Wildman–Crippen LogP) is 2.97. The number of carbonyl (C=O) groups is 2. The normalized spacial score (nSPS) is 12.9. The molecule has 6 heteroatoms. The Morgan fingerprint density at radius 1 is 1.44 bits per heavy atom. The third-order valence-corrected chi connectivity index (χ3v) is 3.44. The number of carbonyl (C=O) groups excluding carboxylic acids is 2. The van der Waals surface area contributed by atoms with E-state index in [0.717, 1.165) is 3.79 Å². The topological polar surface area (TPSA) is 55.4 Å². The summed E-state index contributed by atoms with van der Waals surface area (Å²) in [5.74, 6) is -0.722. The third-order valence-electron chi connectivity index (χ3n) is 1.94. The Morgan fingerprint density at radius 2 is 2.06 bits per heavy atom. The number of thiophene rings is 1. The molecule has 1 aromatic rings.